The van der Waals surface area contributed by atoms with E-state index in [9.17, 15) is 13.2 Å². The van der Waals surface area contributed by atoms with Crippen molar-refractivity contribution >= 4 is 15.9 Å². The van der Waals surface area contributed by atoms with Crippen LogP contribution in [0.2, 0.25) is 0 Å². The summed E-state index contributed by atoms with van der Waals surface area (Å²) in [7, 11) is -1.94. The molecule has 174 valence electrons. The number of pyridine rings is 1. The van der Waals surface area contributed by atoms with Gasteiger partial charge < -0.3 is 14.8 Å². The van der Waals surface area contributed by atoms with Gasteiger partial charge in [0.15, 0.2) is 11.5 Å². The molecule has 33 heavy (non-hydrogen) atoms. The maximum Gasteiger partial charge on any atom is 0.251 e. The van der Waals surface area contributed by atoms with E-state index in [1.54, 1.807) is 54.9 Å². The first-order valence-corrected chi connectivity index (χ1v) is 12.1. The van der Waals surface area contributed by atoms with Crippen molar-refractivity contribution < 1.29 is 22.7 Å². The number of hydrogen-bond acceptors (Lipinski definition) is 6. The summed E-state index contributed by atoms with van der Waals surface area (Å²) in [4.78, 5) is 16.7. The molecule has 0 saturated heterocycles. The standard InChI is InChI=1S/C24H27N3O5S/c1-3-31-23-13-21(10-11-22(23)32-16-20-5-4-12-26-14-20)24(28)27-15-18-6-8-19(9-7-18)17-33(29,30)25-2/h4-14,25H,3,15-17H2,1-2H3,(H,27,28). The second-order valence-electron chi connectivity index (χ2n) is 7.21. The Hall–Kier alpha value is -3.43. The van der Waals surface area contributed by atoms with Gasteiger partial charge in [0, 0.05) is 30.1 Å². The minimum atomic E-state index is -3.32. The summed E-state index contributed by atoms with van der Waals surface area (Å²) in [5.74, 6) is 0.691. The van der Waals surface area contributed by atoms with E-state index in [1.165, 1.54) is 7.05 Å². The monoisotopic (exact) mass is 469 g/mol. The molecule has 3 aromatic rings. The molecule has 0 bridgehead atoms. The lowest BCUT2D eigenvalue weighted by Crippen LogP contribution is -2.23. The number of carbonyl (C=O) groups is 1. The van der Waals surface area contributed by atoms with Crippen LogP contribution in [0.5, 0.6) is 11.5 Å². The van der Waals surface area contributed by atoms with Crippen LogP contribution >= 0.6 is 0 Å². The SMILES string of the molecule is CCOc1cc(C(=O)NCc2ccc(CS(=O)(=O)NC)cc2)ccc1OCc1cccnc1. The molecule has 1 heterocycles. The van der Waals surface area contributed by atoms with Gasteiger partial charge in [-0.3, -0.25) is 9.78 Å². The van der Waals surface area contributed by atoms with Crippen molar-refractivity contribution in [1.29, 1.82) is 0 Å². The van der Waals surface area contributed by atoms with E-state index in [4.69, 9.17) is 9.47 Å². The van der Waals surface area contributed by atoms with Crippen LogP contribution in [-0.4, -0.2) is 33.0 Å². The topological polar surface area (TPSA) is 107 Å². The molecule has 0 fully saturated rings. The summed E-state index contributed by atoms with van der Waals surface area (Å²) in [6.07, 6.45) is 3.43. The molecular weight excluding hydrogens is 442 g/mol. The number of amides is 1. The maximum atomic E-state index is 12.7. The van der Waals surface area contributed by atoms with Crippen LogP contribution in [0.4, 0.5) is 0 Å². The van der Waals surface area contributed by atoms with Crippen LogP contribution in [0.15, 0.2) is 67.0 Å². The van der Waals surface area contributed by atoms with Crippen molar-refractivity contribution in [3.05, 3.63) is 89.2 Å². The average molecular weight is 470 g/mol. The first kappa shape index (κ1) is 24.2. The first-order chi connectivity index (χ1) is 15.9. The summed E-state index contributed by atoms with van der Waals surface area (Å²) < 4.78 is 37.1. The van der Waals surface area contributed by atoms with Crippen molar-refractivity contribution in [2.24, 2.45) is 0 Å². The molecule has 9 heteroatoms. The zero-order valence-electron chi connectivity index (χ0n) is 18.6. The van der Waals surface area contributed by atoms with Crippen molar-refractivity contribution in [2.75, 3.05) is 13.7 Å². The molecule has 0 aliphatic carbocycles. The Morgan fingerprint density at radius 2 is 1.73 bits per heavy atom. The lowest BCUT2D eigenvalue weighted by molar-refractivity contribution is 0.0950. The minimum Gasteiger partial charge on any atom is -0.490 e. The molecule has 2 aromatic carbocycles. The van der Waals surface area contributed by atoms with E-state index in [-0.39, 0.29) is 11.7 Å². The molecule has 0 spiro atoms. The van der Waals surface area contributed by atoms with Crippen LogP contribution in [0.1, 0.15) is 34.0 Å². The van der Waals surface area contributed by atoms with Gasteiger partial charge in [-0.05, 0) is 49.4 Å². The average Bonchev–Trinajstić information content (AvgIpc) is 2.83. The van der Waals surface area contributed by atoms with Crippen molar-refractivity contribution in [3.8, 4) is 11.5 Å². The molecule has 0 atom stereocenters. The second-order valence-corrected chi connectivity index (χ2v) is 9.13. The van der Waals surface area contributed by atoms with Crippen molar-refractivity contribution in [1.82, 2.24) is 15.0 Å². The minimum absolute atomic E-state index is 0.0917. The fraction of sp³-hybridized carbons (Fsp3) is 0.250. The fourth-order valence-electron chi connectivity index (χ4n) is 3.01. The zero-order chi connectivity index (χ0) is 23.7. The zero-order valence-corrected chi connectivity index (χ0v) is 19.4. The van der Waals surface area contributed by atoms with Gasteiger partial charge in [0.25, 0.3) is 5.91 Å². The molecule has 1 amide bonds. The predicted molar refractivity (Wildman–Crippen MR) is 125 cm³/mol. The second kappa shape index (κ2) is 11.4. The van der Waals surface area contributed by atoms with Gasteiger partial charge in [0.1, 0.15) is 6.61 Å². The summed E-state index contributed by atoms with van der Waals surface area (Å²) >= 11 is 0. The number of carbonyl (C=O) groups excluding carboxylic acids is 1. The van der Waals surface area contributed by atoms with Crippen LogP contribution in [-0.2, 0) is 28.9 Å². The van der Waals surface area contributed by atoms with E-state index in [1.807, 2.05) is 19.1 Å². The van der Waals surface area contributed by atoms with E-state index >= 15 is 0 Å². The number of benzene rings is 2. The highest BCUT2D eigenvalue weighted by atomic mass is 32.2. The number of hydrogen-bond donors (Lipinski definition) is 2. The van der Waals surface area contributed by atoms with E-state index in [2.05, 4.69) is 15.0 Å². The molecule has 0 aliphatic heterocycles. The highest BCUT2D eigenvalue weighted by molar-refractivity contribution is 7.88. The number of ether oxygens (including phenoxy) is 2. The van der Waals surface area contributed by atoms with Gasteiger partial charge in [0.05, 0.1) is 12.4 Å². The summed E-state index contributed by atoms with van der Waals surface area (Å²) in [6, 6.07) is 15.9. The number of sulfonamides is 1. The third kappa shape index (κ3) is 7.30. The van der Waals surface area contributed by atoms with Crippen LogP contribution in [0, 0.1) is 0 Å². The molecule has 3 rings (SSSR count). The van der Waals surface area contributed by atoms with E-state index in [0.717, 1.165) is 11.1 Å². The molecule has 8 nitrogen and oxygen atoms in total. The van der Waals surface area contributed by atoms with Crippen LogP contribution in [0.3, 0.4) is 0 Å². The molecule has 1 aromatic heterocycles. The summed E-state index contributed by atoms with van der Waals surface area (Å²) in [5.41, 5.74) is 2.90. The summed E-state index contributed by atoms with van der Waals surface area (Å²) in [5, 5.41) is 2.87. The van der Waals surface area contributed by atoms with Crippen LogP contribution in [0.25, 0.3) is 0 Å². The highest BCUT2D eigenvalue weighted by Gasteiger charge is 2.13. The summed E-state index contributed by atoms with van der Waals surface area (Å²) in [6.45, 7) is 2.94. The van der Waals surface area contributed by atoms with Gasteiger partial charge in [-0.15, -0.1) is 0 Å². The molecule has 0 radical (unpaired) electrons. The lowest BCUT2D eigenvalue weighted by Gasteiger charge is -2.13. The molecule has 0 aliphatic rings. The van der Waals surface area contributed by atoms with Gasteiger partial charge in [-0.2, -0.15) is 0 Å². The lowest BCUT2D eigenvalue weighted by atomic mass is 10.1. The van der Waals surface area contributed by atoms with Crippen molar-refractivity contribution in [2.45, 2.75) is 25.8 Å². The van der Waals surface area contributed by atoms with E-state index < -0.39 is 10.0 Å². The number of nitrogens with one attached hydrogen (secondary N) is 2. The Balaban J connectivity index is 1.61. The number of nitrogens with zero attached hydrogens (tertiary/aromatic N) is 1. The van der Waals surface area contributed by atoms with Gasteiger partial charge in [0.2, 0.25) is 10.0 Å². The Morgan fingerprint density at radius 3 is 2.39 bits per heavy atom. The maximum absolute atomic E-state index is 12.7. The quantitative estimate of drug-likeness (QED) is 0.447. The van der Waals surface area contributed by atoms with Crippen LogP contribution < -0.4 is 19.5 Å². The van der Waals surface area contributed by atoms with Crippen molar-refractivity contribution in [3.63, 3.8) is 0 Å². The Kier molecular flexibility index (Phi) is 8.39. The smallest absolute Gasteiger partial charge is 0.251 e. The highest BCUT2D eigenvalue weighted by Crippen LogP contribution is 2.29. The number of aromatic nitrogens is 1. The first-order valence-electron chi connectivity index (χ1n) is 10.5. The molecule has 2 N–H and O–H groups in total. The number of rotatable bonds is 11. The van der Waals surface area contributed by atoms with E-state index in [0.29, 0.717) is 42.4 Å². The third-order valence-electron chi connectivity index (χ3n) is 4.77. The van der Waals surface area contributed by atoms with Gasteiger partial charge in [-0.25, -0.2) is 13.1 Å². The Morgan fingerprint density at radius 1 is 0.970 bits per heavy atom. The molecular formula is C24H27N3O5S. The molecule has 0 saturated carbocycles. The predicted octanol–water partition coefficient (Wildman–Crippen LogP) is 3.04. The molecule has 0 unspecified atom stereocenters. The largest absolute Gasteiger partial charge is 0.490 e. The normalized spacial score (nSPS) is 11.1. The van der Waals surface area contributed by atoms with Gasteiger partial charge in [-0.1, -0.05) is 30.3 Å². The third-order valence-corrected chi connectivity index (χ3v) is 6.10. The Labute approximate surface area is 194 Å². The Bertz CT molecular complexity index is 1170. The fourth-order valence-corrected chi connectivity index (χ4v) is 3.79. The van der Waals surface area contributed by atoms with Gasteiger partial charge >= 0.3 is 0 Å².